The lowest BCUT2D eigenvalue weighted by Gasteiger charge is -2.19. The molecule has 0 amide bonds. The molecule has 0 spiro atoms. The molecule has 0 saturated carbocycles. The van der Waals surface area contributed by atoms with Crippen LogP contribution in [0, 0.1) is 10.1 Å². The van der Waals surface area contributed by atoms with Crippen molar-refractivity contribution in [3.8, 4) is 0 Å². The maximum Gasteiger partial charge on any atom is 0.274 e. The van der Waals surface area contributed by atoms with Crippen molar-refractivity contribution in [2.45, 2.75) is 19.4 Å². The fraction of sp³-hybridized carbons (Fsp3) is 0.250. The summed E-state index contributed by atoms with van der Waals surface area (Å²) < 4.78 is 0. The summed E-state index contributed by atoms with van der Waals surface area (Å²) in [6.07, 6.45) is 0. The zero-order valence-corrected chi connectivity index (χ0v) is 11.3. The molecule has 20 heavy (non-hydrogen) atoms. The summed E-state index contributed by atoms with van der Waals surface area (Å²) in [7, 11) is 0. The number of nitro groups is 1. The molecular weight excluding hydrogens is 252 g/mol. The molecule has 3 rings (SSSR count). The standard InChI is InChI=1S/C16H16N2O2/c1-12-10-17(16-9-5-3-7-14(12)16)11-13-6-2-4-8-15(13)18(19)20/h2-9,12H,10-11H2,1H3. The van der Waals surface area contributed by atoms with Gasteiger partial charge in [-0.1, -0.05) is 43.3 Å². The van der Waals surface area contributed by atoms with Gasteiger partial charge in [-0.3, -0.25) is 10.1 Å². The van der Waals surface area contributed by atoms with Gasteiger partial charge in [-0.05, 0) is 11.6 Å². The van der Waals surface area contributed by atoms with Gasteiger partial charge in [0.05, 0.1) is 4.92 Å². The van der Waals surface area contributed by atoms with Crippen molar-refractivity contribution in [2.75, 3.05) is 11.4 Å². The lowest BCUT2D eigenvalue weighted by atomic mass is 10.0. The Bertz CT molecular complexity index is 654. The number of nitro benzene ring substituents is 1. The molecule has 1 aliphatic rings. The van der Waals surface area contributed by atoms with E-state index < -0.39 is 0 Å². The molecule has 0 aliphatic carbocycles. The van der Waals surface area contributed by atoms with Gasteiger partial charge in [-0.2, -0.15) is 0 Å². The first-order valence-electron chi connectivity index (χ1n) is 6.73. The minimum atomic E-state index is -0.305. The molecule has 0 aromatic heterocycles. The Labute approximate surface area is 117 Å². The van der Waals surface area contributed by atoms with Crippen LogP contribution in [0.2, 0.25) is 0 Å². The van der Waals surface area contributed by atoms with E-state index in [9.17, 15) is 10.1 Å². The van der Waals surface area contributed by atoms with Gasteiger partial charge >= 0.3 is 0 Å². The van der Waals surface area contributed by atoms with Crippen LogP contribution in [-0.4, -0.2) is 11.5 Å². The summed E-state index contributed by atoms with van der Waals surface area (Å²) in [5.41, 5.74) is 3.48. The van der Waals surface area contributed by atoms with Crippen LogP contribution in [0.4, 0.5) is 11.4 Å². The van der Waals surface area contributed by atoms with Crippen LogP contribution in [0.3, 0.4) is 0 Å². The average Bonchev–Trinajstić information content (AvgIpc) is 2.76. The Balaban J connectivity index is 1.92. The van der Waals surface area contributed by atoms with Crippen molar-refractivity contribution in [3.63, 3.8) is 0 Å². The fourth-order valence-corrected chi connectivity index (χ4v) is 2.90. The average molecular weight is 268 g/mol. The molecule has 1 atom stereocenters. The van der Waals surface area contributed by atoms with E-state index in [1.165, 1.54) is 11.3 Å². The summed E-state index contributed by atoms with van der Waals surface area (Å²) in [4.78, 5) is 13.0. The summed E-state index contributed by atoms with van der Waals surface area (Å²) in [5.74, 6) is 0.467. The van der Waals surface area contributed by atoms with E-state index in [1.54, 1.807) is 12.1 Å². The predicted molar refractivity (Wildman–Crippen MR) is 79.0 cm³/mol. The zero-order chi connectivity index (χ0) is 14.1. The van der Waals surface area contributed by atoms with Gasteiger partial charge in [-0.25, -0.2) is 0 Å². The van der Waals surface area contributed by atoms with Gasteiger partial charge in [0.15, 0.2) is 0 Å². The molecule has 1 aliphatic heterocycles. The molecule has 2 aromatic carbocycles. The second-order valence-corrected chi connectivity index (χ2v) is 5.23. The smallest absolute Gasteiger partial charge is 0.274 e. The van der Waals surface area contributed by atoms with Crippen LogP contribution in [-0.2, 0) is 6.54 Å². The maximum atomic E-state index is 11.1. The molecule has 0 N–H and O–H groups in total. The molecular formula is C16H16N2O2. The van der Waals surface area contributed by atoms with Crippen LogP contribution < -0.4 is 4.90 Å². The molecule has 4 heteroatoms. The molecule has 0 radical (unpaired) electrons. The van der Waals surface area contributed by atoms with Crippen molar-refractivity contribution < 1.29 is 4.92 Å². The second kappa shape index (κ2) is 4.96. The number of rotatable bonds is 3. The van der Waals surface area contributed by atoms with E-state index in [0.29, 0.717) is 12.5 Å². The lowest BCUT2D eigenvalue weighted by Crippen LogP contribution is -2.21. The third-order valence-corrected chi connectivity index (χ3v) is 3.85. The van der Waals surface area contributed by atoms with Gasteiger partial charge in [-0.15, -0.1) is 0 Å². The van der Waals surface area contributed by atoms with Crippen LogP contribution in [0.5, 0.6) is 0 Å². The van der Waals surface area contributed by atoms with Gasteiger partial charge in [0.1, 0.15) is 0 Å². The first-order chi connectivity index (χ1) is 9.66. The highest BCUT2D eigenvalue weighted by Gasteiger charge is 2.26. The van der Waals surface area contributed by atoms with E-state index in [1.807, 2.05) is 24.3 Å². The number of fused-ring (bicyclic) bond motifs is 1. The Kier molecular flexibility index (Phi) is 3.14. The second-order valence-electron chi connectivity index (χ2n) is 5.23. The summed E-state index contributed by atoms with van der Waals surface area (Å²) in [5, 5.41) is 11.1. The first-order valence-corrected chi connectivity index (χ1v) is 6.73. The molecule has 102 valence electrons. The van der Waals surface area contributed by atoms with Gasteiger partial charge in [0.25, 0.3) is 5.69 Å². The van der Waals surface area contributed by atoms with E-state index in [0.717, 1.165) is 12.1 Å². The predicted octanol–water partition coefficient (Wildman–Crippen LogP) is 3.72. The van der Waals surface area contributed by atoms with E-state index >= 15 is 0 Å². The number of hydrogen-bond donors (Lipinski definition) is 0. The number of hydrogen-bond acceptors (Lipinski definition) is 3. The Morgan fingerprint density at radius 1 is 1.20 bits per heavy atom. The monoisotopic (exact) mass is 268 g/mol. The lowest BCUT2D eigenvalue weighted by molar-refractivity contribution is -0.385. The minimum Gasteiger partial charge on any atom is -0.366 e. The van der Waals surface area contributed by atoms with Crippen molar-refractivity contribution in [1.29, 1.82) is 0 Å². The topological polar surface area (TPSA) is 46.4 Å². The molecule has 2 aromatic rings. The normalized spacial score (nSPS) is 17.1. The van der Waals surface area contributed by atoms with Crippen molar-refractivity contribution in [3.05, 3.63) is 69.8 Å². The van der Waals surface area contributed by atoms with Crippen LogP contribution >= 0.6 is 0 Å². The van der Waals surface area contributed by atoms with Crippen LogP contribution in [0.25, 0.3) is 0 Å². The fourth-order valence-electron chi connectivity index (χ4n) is 2.90. The highest BCUT2D eigenvalue weighted by Crippen LogP contribution is 2.37. The number of anilines is 1. The molecule has 0 bridgehead atoms. The molecule has 0 saturated heterocycles. The highest BCUT2D eigenvalue weighted by atomic mass is 16.6. The third-order valence-electron chi connectivity index (χ3n) is 3.85. The molecule has 0 fully saturated rings. The van der Waals surface area contributed by atoms with Gasteiger partial charge in [0.2, 0.25) is 0 Å². The number of benzene rings is 2. The van der Waals surface area contributed by atoms with Crippen molar-refractivity contribution in [1.82, 2.24) is 0 Å². The quantitative estimate of drug-likeness (QED) is 0.629. The van der Waals surface area contributed by atoms with Crippen LogP contribution in [0.15, 0.2) is 48.5 Å². The first kappa shape index (κ1) is 12.7. The highest BCUT2D eigenvalue weighted by molar-refractivity contribution is 5.60. The van der Waals surface area contributed by atoms with E-state index in [4.69, 9.17) is 0 Å². The largest absolute Gasteiger partial charge is 0.366 e. The maximum absolute atomic E-state index is 11.1. The zero-order valence-electron chi connectivity index (χ0n) is 11.3. The van der Waals surface area contributed by atoms with Gasteiger partial charge < -0.3 is 4.90 Å². The Morgan fingerprint density at radius 3 is 2.70 bits per heavy atom. The number of para-hydroxylation sites is 2. The van der Waals surface area contributed by atoms with Crippen molar-refractivity contribution >= 4 is 11.4 Å². The SMILES string of the molecule is CC1CN(Cc2ccccc2[N+](=O)[O-])c2ccccc21. The Hall–Kier alpha value is -2.36. The third kappa shape index (κ3) is 2.13. The van der Waals surface area contributed by atoms with Crippen LogP contribution in [0.1, 0.15) is 24.0 Å². The van der Waals surface area contributed by atoms with Gasteiger partial charge in [0, 0.05) is 36.3 Å². The molecule has 1 unspecified atom stereocenters. The molecule has 4 nitrogen and oxygen atoms in total. The minimum absolute atomic E-state index is 0.199. The number of nitrogens with zero attached hydrogens (tertiary/aromatic N) is 2. The Morgan fingerprint density at radius 2 is 1.90 bits per heavy atom. The molecule has 1 heterocycles. The summed E-state index contributed by atoms with van der Waals surface area (Å²) in [6, 6.07) is 15.3. The van der Waals surface area contributed by atoms with Crippen molar-refractivity contribution in [2.24, 2.45) is 0 Å². The van der Waals surface area contributed by atoms with E-state index in [2.05, 4.69) is 24.0 Å². The van der Waals surface area contributed by atoms with E-state index in [-0.39, 0.29) is 10.6 Å². The summed E-state index contributed by atoms with van der Waals surface area (Å²) in [6.45, 7) is 3.68. The summed E-state index contributed by atoms with van der Waals surface area (Å²) >= 11 is 0.